The molecule has 4 heteroatoms. The summed E-state index contributed by atoms with van der Waals surface area (Å²) in [5.74, 6) is -0.844. The van der Waals surface area contributed by atoms with Crippen molar-refractivity contribution in [2.75, 3.05) is 0 Å². The Kier molecular flexibility index (Phi) is 5.83. The van der Waals surface area contributed by atoms with Crippen LogP contribution in [0.1, 0.15) is 24.3 Å². The van der Waals surface area contributed by atoms with Crippen molar-refractivity contribution in [1.29, 1.82) is 0 Å². The summed E-state index contributed by atoms with van der Waals surface area (Å²) in [6.45, 7) is 1.85. The van der Waals surface area contributed by atoms with Crippen molar-refractivity contribution in [2.24, 2.45) is 0 Å². The minimum absolute atomic E-state index is 0. The number of phenols is 1. The summed E-state index contributed by atoms with van der Waals surface area (Å²) in [6, 6.07) is 4.27. The van der Waals surface area contributed by atoms with Crippen LogP contribution >= 0.6 is 0 Å². The second-order valence-electron chi connectivity index (χ2n) is 2.50. The molecule has 0 aromatic heterocycles. The first-order valence-corrected chi connectivity index (χ1v) is 3.70. The molecule has 1 aromatic carbocycles. The van der Waals surface area contributed by atoms with Gasteiger partial charge in [-0.3, -0.25) is 0 Å². The van der Waals surface area contributed by atoms with Gasteiger partial charge in [-0.2, -0.15) is 0 Å². The molecule has 1 aromatic rings. The number of carbonyl (C=O) groups is 1. The maximum absolute atomic E-state index is 10.6. The maximum Gasteiger partial charge on any atom is 1.00 e. The molecule has 0 saturated carbocycles. The Morgan fingerprint density at radius 2 is 2.15 bits per heavy atom. The molecular formula is C9H11KO3. The van der Waals surface area contributed by atoms with E-state index < -0.39 is 5.97 Å². The molecule has 2 N–H and O–H groups in total. The van der Waals surface area contributed by atoms with Gasteiger partial charge in [-0.05, 0) is 30.2 Å². The summed E-state index contributed by atoms with van der Waals surface area (Å²) < 4.78 is 0. The number of aromatic carboxylic acids is 1. The van der Waals surface area contributed by atoms with Crippen LogP contribution in [0.5, 0.6) is 5.75 Å². The fraction of sp³-hybridized carbons (Fsp3) is 0.222. The minimum atomic E-state index is -0.952. The van der Waals surface area contributed by atoms with Gasteiger partial charge in [0, 0.05) is 0 Å². The monoisotopic (exact) mass is 206 g/mol. The number of rotatable bonds is 2. The molecule has 0 heterocycles. The van der Waals surface area contributed by atoms with Crippen molar-refractivity contribution in [2.45, 2.75) is 13.3 Å². The third-order valence-electron chi connectivity index (χ3n) is 1.70. The normalized spacial score (nSPS) is 9.00. The van der Waals surface area contributed by atoms with Crippen molar-refractivity contribution in [1.82, 2.24) is 0 Å². The molecule has 0 atom stereocenters. The van der Waals surface area contributed by atoms with E-state index in [4.69, 9.17) is 10.2 Å². The smallest absolute Gasteiger partial charge is 1.00 e. The molecule has 0 radical (unpaired) electrons. The van der Waals surface area contributed by atoms with E-state index in [1.54, 1.807) is 0 Å². The van der Waals surface area contributed by atoms with Crippen LogP contribution in [-0.4, -0.2) is 16.2 Å². The number of aromatic hydroxyl groups is 1. The molecule has 0 aliphatic heterocycles. The summed E-state index contributed by atoms with van der Waals surface area (Å²) in [4.78, 5) is 10.6. The van der Waals surface area contributed by atoms with Crippen molar-refractivity contribution in [3.63, 3.8) is 0 Å². The average molecular weight is 206 g/mol. The largest absolute Gasteiger partial charge is 1.00 e. The fourth-order valence-corrected chi connectivity index (χ4v) is 1.08. The van der Waals surface area contributed by atoms with E-state index in [1.807, 2.05) is 6.92 Å². The molecule has 0 amide bonds. The zero-order valence-corrected chi connectivity index (χ0v) is 10.9. The second-order valence-corrected chi connectivity index (χ2v) is 2.50. The standard InChI is InChI=1S/C9H10O3.K.H/c1-2-6-5-7(10)3-4-8(6)9(11)12;;/h3-5,10H,2H2,1H3,(H,11,12);;/q;+1;-1. The van der Waals surface area contributed by atoms with E-state index in [2.05, 4.69) is 0 Å². The van der Waals surface area contributed by atoms with Crippen molar-refractivity contribution < 1.29 is 67.8 Å². The van der Waals surface area contributed by atoms with Crippen LogP contribution in [0.25, 0.3) is 0 Å². The Morgan fingerprint density at radius 3 is 2.62 bits per heavy atom. The van der Waals surface area contributed by atoms with Crippen LogP contribution in [0.15, 0.2) is 18.2 Å². The molecule has 66 valence electrons. The number of carboxylic acids is 1. The number of phenolic OH excluding ortho intramolecular Hbond substituents is 1. The van der Waals surface area contributed by atoms with Gasteiger partial charge in [-0.1, -0.05) is 6.92 Å². The summed E-state index contributed by atoms with van der Waals surface area (Å²) in [5, 5.41) is 17.8. The van der Waals surface area contributed by atoms with E-state index in [9.17, 15) is 4.79 Å². The number of aryl methyl sites for hydroxylation is 1. The number of benzene rings is 1. The molecule has 3 nitrogen and oxygen atoms in total. The van der Waals surface area contributed by atoms with E-state index >= 15 is 0 Å². The molecule has 1 rings (SSSR count). The van der Waals surface area contributed by atoms with Crippen LogP contribution < -0.4 is 51.4 Å². The van der Waals surface area contributed by atoms with Gasteiger partial charge in [-0.15, -0.1) is 0 Å². The number of hydrogen-bond donors (Lipinski definition) is 2. The fourth-order valence-electron chi connectivity index (χ4n) is 1.08. The van der Waals surface area contributed by atoms with Crippen LogP contribution in [0.2, 0.25) is 0 Å². The first-order valence-electron chi connectivity index (χ1n) is 3.70. The average Bonchev–Trinajstić information content (AvgIpc) is 2.03. The van der Waals surface area contributed by atoms with Gasteiger partial charge < -0.3 is 11.6 Å². The molecular weight excluding hydrogens is 195 g/mol. The van der Waals surface area contributed by atoms with E-state index in [0.717, 1.165) is 0 Å². The minimum Gasteiger partial charge on any atom is -1.00 e. The van der Waals surface area contributed by atoms with Crippen molar-refractivity contribution in [3.8, 4) is 5.75 Å². The van der Waals surface area contributed by atoms with Crippen molar-refractivity contribution >= 4 is 5.97 Å². The van der Waals surface area contributed by atoms with Gasteiger partial charge in [0.2, 0.25) is 0 Å². The summed E-state index contributed by atoms with van der Waals surface area (Å²) in [6.07, 6.45) is 0.607. The summed E-state index contributed by atoms with van der Waals surface area (Å²) >= 11 is 0. The maximum atomic E-state index is 10.6. The predicted molar refractivity (Wildman–Crippen MR) is 45.6 cm³/mol. The third-order valence-corrected chi connectivity index (χ3v) is 1.70. The van der Waals surface area contributed by atoms with Crippen LogP contribution in [0.3, 0.4) is 0 Å². The Labute approximate surface area is 121 Å². The second kappa shape index (κ2) is 5.77. The van der Waals surface area contributed by atoms with Gasteiger partial charge in [0.05, 0.1) is 5.56 Å². The van der Waals surface area contributed by atoms with E-state index in [1.165, 1.54) is 18.2 Å². The summed E-state index contributed by atoms with van der Waals surface area (Å²) in [5.41, 5.74) is 0.915. The molecule has 0 saturated heterocycles. The van der Waals surface area contributed by atoms with E-state index in [0.29, 0.717) is 12.0 Å². The quantitative estimate of drug-likeness (QED) is 0.596. The summed E-state index contributed by atoms with van der Waals surface area (Å²) in [7, 11) is 0. The molecule has 0 fully saturated rings. The molecule has 0 unspecified atom stereocenters. The zero-order chi connectivity index (χ0) is 9.14. The Bertz CT molecular complexity index is 315. The zero-order valence-electron chi connectivity index (χ0n) is 8.74. The Hall–Kier alpha value is 0.126. The first kappa shape index (κ1) is 13.1. The van der Waals surface area contributed by atoms with Gasteiger partial charge in [0.1, 0.15) is 5.75 Å². The predicted octanol–water partition coefficient (Wildman–Crippen LogP) is -1.23. The van der Waals surface area contributed by atoms with Crippen LogP contribution in [-0.2, 0) is 6.42 Å². The molecule has 13 heavy (non-hydrogen) atoms. The van der Waals surface area contributed by atoms with Gasteiger partial charge in [0.15, 0.2) is 0 Å². The van der Waals surface area contributed by atoms with Crippen molar-refractivity contribution in [3.05, 3.63) is 29.3 Å². The van der Waals surface area contributed by atoms with Gasteiger partial charge >= 0.3 is 57.4 Å². The van der Waals surface area contributed by atoms with Gasteiger partial charge in [-0.25, -0.2) is 4.79 Å². The Balaban J connectivity index is 0. The number of hydrogen-bond acceptors (Lipinski definition) is 2. The third kappa shape index (κ3) is 3.40. The first-order chi connectivity index (χ1) is 5.65. The molecule has 0 bridgehead atoms. The van der Waals surface area contributed by atoms with E-state index in [-0.39, 0.29) is 64.1 Å². The molecule has 0 aliphatic carbocycles. The molecule has 0 spiro atoms. The van der Waals surface area contributed by atoms with Gasteiger partial charge in [0.25, 0.3) is 0 Å². The molecule has 0 aliphatic rings. The van der Waals surface area contributed by atoms with Crippen LogP contribution in [0.4, 0.5) is 0 Å². The number of carboxylic acid groups (broad SMARTS) is 1. The SMILES string of the molecule is CCc1cc(O)ccc1C(=O)O.[H-].[K+]. The Morgan fingerprint density at radius 1 is 1.54 bits per heavy atom. The topological polar surface area (TPSA) is 57.5 Å². The van der Waals surface area contributed by atoms with Crippen LogP contribution in [0, 0.1) is 0 Å².